The predicted molar refractivity (Wildman–Crippen MR) is 75.4 cm³/mol. The van der Waals surface area contributed by atoms with Crippen molar-refractivity contribution in [1.29, 1.82) is 0 Å². The van der Waals surface area contributed by atoms with Crippen LogP contribution in [0.15, 0.2) is 18.3 Å². The molecule has 88 valence electrons. The van der Waals surface area contributed by atoms with Gasteiger partial charge in [-0.15, -0.1) is 0 Å². The van der Waals surface area contributed by atoms with Crippen LogP contribution < -0.4 is 4.90 Å². The van der Waals surface area contributed by atoms with Crippen LogP contribution in [0.1, 0.15) is 17.7 Å². The van der Waals surface area contributed by atoms with Gasteiger partial charge in [0.1, 0.15) is 0 Å². The van der Waals surface area contributed by atoms with Crippen molar-refractivity contribution in [3.05, 3.63) is 29.6 Å². The molecule has 3 fully saturated rings. The number of piperidine rings is 1. The van der Waals surface area contributed by atoms with Crippen LogP contribution in [0.25, 0.3) is 3.58 Å². The number of halogens is 1. The van der Waals surface area contributed by atoms with Crippen molar-refractivity contribution >= 4 is 31.9 Å². The Morgan fingerprint density at radius 3 is 2.88 bits per heavy atom. The van der Waals surface area contributed by atoms with Crippen LogP contribution in [0.2, 0.25) is 0 Å². The second-order valence-electron chi connectivity index (χ2n) is 4.96. The Labute approximate surface area is 114 Å². The van der Waals surface area contributed by atoms with E-state index in [1.807, 2.05) is 6.20 Å². The molecule has 2 atom stereocenters. The van der Waals surface area contributed by atoms with E-state index in [4.69, 9.17) is 4.74 Å². The summed E-state index contributed by atoms with van der Waals surface area (Å²) in [6, 6.07) is 2.29. The number of morpholine rings is 1. The smallest absolute Gasteiger partial charge is 0.0780 e. The van der Waals surface area contributed by atoms with Gasteiger partial charge in [-0.3, -0.25) is 4.98 Å². The fourth-order valence-corrected chi connectivity index (χ4v) is 3.57. The van der Waals surface area contributed by atoms with Crippen molar-refractivity contribution in [3.63, 3.8) is 0 Å². The average Bonchev–Trinajstić information content (AvgIpc) is 2.70. The Bertz CT molecular complexity index is 498. The quantitative estimate of drug-likeness (QED) is 0.734. The third-order valence-electron chi connectivity index (χ3n) is 3.81. The first kappa shape index (κ1) is 10.3. The molecule has 4 heteroatoms. The molecule has 3 aliphatic heterocycles. The van der Waals surface area contributed by atoms with E-state index in [-0.39, 0.29) is 0 Å². The molecule has 0 spiro atoms. The maximum atomic E-state index is 5.67. The van der Waals surface area contributed by atoms with Gasteiger partial charge in [0.05, 0.1) is 29.8 Å². The van der Waals surface area contributed by atoms with Gasteiger partial charge in [-0.25, -0.2) is 0 Å². The molecule has 1 aromatic rings. The highest BCUT2D eigenvalue weighted by molar-refractivity contribution is 14.1. The lowest BCUT2D eigenvalue weighted by Gasteiger charge is -2.47. The molecule has 1 aliphatic carbocycles. The fourth-order valence-electron chi connectivity index (χ4n) is 2.89. The van der Waals surface area contributed by atoms with Crippen molar-refractivity contribution in [3.8, 4) is 0 Å². The predicted octanol–water partition coefficient (Wildman–Crippen LogP) is 2.39. The first-order valence-corrected chi connectivity index (χ1v) is 7.13. The van der Waals surface area contributed by atoms with Gasteiger partial charge < -0.3 is 9.64 Å². The molecule has 0 N–H and O–H groups in total. The van der Waals surface area contributed by atoms with E-state index in [1.165, 1.54) is 26.9 Å². The summed E-state index contributed by atoms with van der Waals surface area (Å²) >= 11 is 2.40. The molecule has 1 aromatic heterocycles. The number of hydrogen-bond donors (Lipinski definition) is 0. The first-order chi connectivity index (χ1) is 8.29. The van der Waals surface area contributed by atoms with Crippen LogP contribution in [0.3, 0.4) is 0 Å². The Morgan fingerprint density at radius 2 is 2.12 bits per heavy atom. The van der Waals surface area contributed by atoms with Gasteiger partial charge in [0, 0.05) is 35.1 Å². The summed E-state index contributed by atoms with van der Waals surface area (Å²) in [5.74, 6) is 0. The SMILES string of the molecule is IC1=CCc2ncc(N3CC4CC(C3)O4)cc21. The Morgan fingerprint density at radius 1 is 1.35 bits per heavy atom. The van der Waals surface area contributed by atoms with E-state index in [0.717, 1.165) is 19.5 Å². The standard InChI is InChI=1S/C13H13IN2O/c14-12-1-2-13-11(12)3-8(5-15-13)16-6-9-4-10(7-16)17-9/h1,3,5,9-10H,2,4,6-7H2. The van der Waals surface area contributed by atoms with Crippen molar-refractivity contribution in [2.75, 3.05) is 18.0 Å². The number of anilines is 1. The van der Waals surface area contributed by atoms with E-state index < -0.39 is 0 Å². The van der Waals surface area contributed by atoms with E-state index >= 15 is 0 Å². The third kappa shape index (κ3) is 1.61. The van der Waals surface area contributed by atoms with Gasteiger partial charge in [0.2, 0.25) is 0 Å². The van der Waals surface area contributed by atoms with Gasteiger partial charge in [-0.2, -0.15) is 0 Å². The molecule has 0 amide bonds. The lowest BCUT2D eigenvalue weighted by molar-refractivity contribution is -0.133. The van der Waals surface area contributed by atoms with Crippen LogP contribution in [0.4, 0.5) is 5.69 Å². The molecule has 17 heavy (non-hydrogen) atoms. The fraction of sp³-hybridized carbons (Fsp3) is 0.462. The first-order valence-electron chi connectivity index (χ1n) is 6.05. The van der Waals surface area contributed by atoms with Crippen LogP contribution >= 0.6 is 22.6 Å². The van der Waals surface area contributed by atoms with Gasteiger partial charge in [-0.05, 0) is 28.7 Å². The minimum atomic E-state index is 0.455. The Balaban J connectivity index is 1.66. The second kappa shape index (κ2) is 3.68. The zero-order valence-corrected chi connectivity index (χ0v) is 11.6. The summed E-state index contributed by atoms with van der Waals surface area (Å²) in [7, 11) is 0. The number of allylic oxidation sites excluding steroid dienone is 1. The molecule has 2 bridgehead atoms. The number of rotatable bonds is 1. The molecule has 0 aromatic carbocycles. The summed E-state index contributed by atoms with van der Waals surface area (Å²) < 4.78 is 7.00. The van der Waals surface area contributed by atoms with E-state index in [2.05, 4.69) is 44.6 Å². The number of aromatic nitrogens is 1. The number of nitrogens with zero attached hydrogens (tertiary/aromatic N) is 2. The van der Waals surface area contributed by atoms with Crippen LogP contribution in [-0.2, 0) is 11.2 Å². The number of hydrogen-bond acceptors (Lipinski definition) is 3. The molecule has 2 unspecified atom stereocenters. The summed E-state index contributed by atoms with van der Waals surface area (Å²) in [5.41, 5.74) is 3.80. The van der Waals surface area contributed by atoms with Crippen molar-refractivity contribution in [2.24, 2.45) is 0 Å². The number of fused-ring (bicyclic) bond motifs is 3. The van der Waals surface area contributed by atoms with Gasteiger partial charge in [0.15, 0.2) is 0 Å². The van der Waals surface area contributed by atoms with Crippen molar-refractivity contribution in [1.82, 2.24) is 4.98 Å². The summed E-state index contributed by atoms with van der Waals surface area (Å²) in [5, 5.41) is 0. The monoisotopic (exact) mass is 340 g/mol. The van der Waals surface area contributed by atoms with E-state index in [1.54, 1.807) is 0 Å². The minimum Gasteiger partial charge on any atom is -0.371 e. The van der Waals surface area contributed by atoms with E-state index in [9.17, 15) is 0 Å². The third-order valence-corrected chi connectivity index (χ3v) is 4.83. The van der Waals surface area contributed by atoms with Gasteiger partial charge in [-0.1, -0.05) is 6.08 Å². The van der Waals surface area contributed by atoms with Gasteiger partial charge in [0.25, 0.3) is 0 Å². The molecular formula is C13H13IN2O. The topological polar surface area (TPSA) is 25.4 Å². The highest BCUT2D eigenvalue weighted by atomic mass is 127. The Hall–Kier alpha value is -0.620. The lowest BCUT2D eigenvalue weighted by atomic mass is 9.98. The molecule has 4 aliphatic rings. The Kier molecular flexibility index (Phi) is 2.24. The van der Waals surface area contributed by atoms with Crippen molar-refractivity contribution < 1.29 is 4.74 Å². The molecule has 3 saturated heterocycles. The van der Waals surface area contributed by atoms with Crippen LogP contribution in [0.5, 0.6) is 0 Å². The maximum Gasteiger partial charge on any atom is 0.0780 e. The minimum absolute atomic E-state index is 0.455. The number of pyridine rings is 1. The highest BCUT2D eigenvalue weighted by Gasteiger charge is 2.38. The molecule has 3 nitrogen and oxygen atoms in total. The molecule has 4 heterocycles. The number of ether oxygens (including phenoxy) is 1. The highest BCUT2D eigenvalue weighted by Crippen LogP contribution is 2.36. The summed E-state index contributed by atoms with van der Waals surface area (Å²) in [4.78, 5) is 7.00. The van der Waals surface area contributed by atoms with Crippen LogP contribution in [0, 0.1) is 0 Å². The summed E-state index contributed by atoms with van der Waals surface area (Å²) in [6.45, 7) is 2.05. The van der Waals surface area contributed by atoms with Crippen molar-refractivity contribution in [2.45, 2.75) is 25.0 Å². The van der Waals surface area contributed by atoms with Crippen LogP contribution in [-0.4, -0.2) is 30.3 Å². The normalized spacial score (nSPS) is 29.7. The molecule has 0 saturated carbocycles. The van der Waals surface area contributed by atoms with Gasteiger partial charge >= 0.3 is 0 Å². The average molecular weight is 340 g/mol. The molecule has 0 radical (unpaired) electrons. The molecule has 5 rings (SSSR count). The zero-order chi connectivity index (χ0) is 11.4. The zero-order valence-electron chi connectivity index (χ0n) is 9.40. The lowest BCUT2D eigenvalue weighted by Crippen LogP contribution is -2.57. The van der Waals surface area contributed by atoms with E-state index in [0.29, 0.717) is 12.2 Å². The molecular weight excluding hydrogens is 327 g/mol. The largest absolute Gasteiger partial charge is 0.371 e. The second-order valence-corrected chi connectivity index (χ2v) is 6.13. The maximum absolute atomic E-state index is 5.67. The summed E-state index contributed by atoms with van der Waals surface area (Å²) in [6.07, 6.45) is 7.41.